The van der Waals surface area contributed by atoms with Crippen LogP contribution in [0.1, 0.15) is 41.5 Å². The smallest absolute Gasteiger partial charge is 0.00801 e. The molecule has 0 spiro atoms. The minimum Gasteiger partial charge on any atom is -0.145 e. The first kappa shape index (κ1) is 8.31. The van der Waals surface area contributed by atoms with Crippen molar-refractivity contribution in [2.45, 2.75) is 45.4 Å². The summed E-state index contributed by atoms with van der Waals surface area (Å²) >= 11 is 2.06. The molecule has 0 aromatic carbocycles. The van der Waals surface area contributed by atoms with Crippen molar-refractivity contribution < 1.29 is 0 Å². The van der Waals surface area contributed by atoms with E-state index in [1.54, 1.807) is 15.3 Å². The summed E-state index contributed by atoms with van der Waals surface area (Å²) in [6.45, 7) is 2.26. The molecule has 2 rings (SSSR count). The van der Waals surface area contributed by atoms with Crippen LogP contribution < -0.4 is 0 Å². The largest absolute Gasteiger partial charge is 0.145 e. The summed E-state index contributed by atoms with van der Waals surface area (Å²) in [6, 6.07) is 2.45. The first-order valence-electron chi connectivity index (χ1n) is 5.00. The van der Waals surface area contributed by atoms with E-state index in [0.717, 1.165) is 0 Å². The standard InChI is InChI=1S/C11H16S/c1-2-5-10-8-9-6-3-4-7-11(9)12-10/h8H,2-7H2,1H3. The Bertz CT molecular complexity index is 236. The van der Waals surface area contributed by atoms with Crippen molar-refractivity contribution >= 4 is 11.3 Å². The van der Waals surface area contributed by atoms with Gasteiger partial charge in [0.15, 0.2) is 0 Å². The fraction of sp³-hybridized carbons (Fsp3) is 0.636. The molecule has 0 radical (unpaired) electrons. The number of thiophene rings is 1. The maximum atomic E-state index is 2.45. The summed E-state index contributed by atoms with van der Waals surface area (Å²) in [7, 11) is 0. The zero-order valence-electron chi connectivity index (χ0n) is 7.73. The quantitative estimate of drug-likeness (QED) is 0.652. The molecule has 1 aromatic rings. The van der Waals surface area contributed by atoms with Gasteiger partial charge in [-0.3, -0.25) is 0 Å². The fourth-order valence-corrected chi connectivity index (χ4v) is 3.28. The second kappa shape index (κ2) is 3.61. The lowest BCUT2D eigenvalue weighted by molar-refractivity contribution is 0.697. The molecule has 1 aromatic heterocycles. The topological polar surface area (TPSA) is 0 Å². The van der Waals surface area contributed by atoms with Gasteiger partial charge in [0.2, 0.25) is 0 Å². The van der Waals surface area contributed by atoms with Crippen LogP contribution in [0.25, 0.3) is 0 Å². The van der Waals surface area contributed by atoms with Crippen molar-refractivity contribution in [3.63, 3.8) is 0 Å². The van der Waals surface area contributed by atoms with Crippen LogP contribution in [-0.4, -0.2) is 0 Å². The van der Waals surface area contributed by atoms with Crippen LogP contribution in [0.15, 0.2) is 6.07 Å². The summed E-state index contributed by atoms with van der Waals surface area (Å²) in [6.07, 6.45) is 8.10. The molecular formula is C11H16S. The van der Waals surface area contributed by atoms with Crippen LogP contribution in [-0.2, 0) is 19.3 Å². The highest BCUT2D eigenvalue weighted by molar-refractivity contribution is 7.12. The Morgan fingerprint density at radius 2 is 2.17 bits per heavy atom. The molecule has 0 bridgehead atoms. The molecule has 1 aliphatic carbocycles. The van der Waals surface area contributed by atoms with E-state index in [2.05, 4.69) is 24.3 Å². The highest BCUT2D eigenvalue weighted by atomic mass is 32.1. The van der Waals surface area contributed by atoms with Gasteiger partial charge in [-0.25, -0.2) is 0 Å². The third-order valence-corrected chi connectivity index (χ3v) is 3.84. The predicted molar refractivity (Wildman–Crippen MR) is 55.0 cm³/mol. The molecule has 0 fully saturated rings. The van der Waals surface area contributed by atoms with Crippen LogP contribution in [0.3, 0.4) is 0 Å². The Hall–Kier alpha value is -0.300. The maximum Gasteiger partial charge on any atom is 0.00801 e. The van der Waals surface area contributed by atoms with E-state index in [0.29, 0.717) is 0 Å². The van der Waals surface area contributed by atoms with E-state index in [1.165, 1.54) is 38.5 Å². The van der Waals surface area contributed by atoms with E-state index in [4.69, 9.17) is 0 Å². The second-order valence-corrected chi connectivity index (χ2v) is 4.84. The average Bonchev–Trinajstić information content (AvgIpc) is 2.47. The molecule has 1 heterocycles. The van der Waals surface area contributed by atoms with Crippen molar-refractivity contribution in [3.05, 3.63) is 21.4 Å². The SMILES string of the molecule is CCCc1cc2c(s1)CCCC2. The van der Waals surface area contributed by atoms with Crippen LogP contribution in [0.5, 0.6) is 0 Å². The molecule has 0 unspecified atom stereocenters. The molecule has 66 valence electrons. The van der Waals surface area contributed by atoms with Gasteiger partial charge >= 0.3 is 0 Å². The Kier molecular flexibility index (Phi) is 2.50. The zero-order valence-corrected chi connectivity index (χ0v) is 8.54. The van der Waals surface area contributed by atoms with E-state index in [9.17, 15) is 0 Å². The van der Waals surface area contributed by atoms with Crippen molar-refractivity contribution in [1.82, 2.24) is 0 Å². The van der Waals surface area contributed by atoms with Gasteiger partial charge in [0.05, 0.1) is 0 Å². The molecule has 1 heteroatoms. The summed E-state index contributed by atoms with van der Waals surface area (Å²) in [5.41, 5.74) is 1.66. The van der Waals surface area contributed by atoms with Crippen molar-refractivity contribution in [1.29, 1.82) is 0 Å². The molecule has 12 heavy (non-hydrogen) atoms. The minimum atomic E-state index is 1.29. The van der Waals surface area contributed by atoms with E-state index >= 15 is 0 Å². The molecule has 0 saturated carbocycles. The third kappa shape index (κ3) is 1.56. The van der Waals surface area contributed by atoms with Crippen LogP contribution >= 0.6 is 11.3 Å². The molecule has 0 nitrogen and oxygen atoms in total. The molecule has 1 aliphatic rings. The minimum absolute atomic E-state index is 1.29. The van der Waals surface area contributed by atoms with Gasteiger partial charge in [-0.05, 0) is 43.7 Å². The van der Waals surface area contributed by atoms with Crippen LogP contribution in [0.2, 0.25) is 0 Å². The lowest BCUT2D eigenvalue weighted by Gasteiger charge is -2.08. The molecular weight excluding hydrogens is 164 g/mol. The van der Waals surface area contributed by atoms with Gasteiger partial charge < -0.3 is 0 Å². The predicted octanol–water partition coefficient (Wildman–Crippen LogP) is 3.58. The van der Waals surface area contributed by atoms with Gasteiger partial charge in [-0.15, -0.1) is 11.3 Å². The van der Waals surface area contributed by atoms with Gasteiger partial charge in [0.1, 0.15) is 0 Å². The highest BCUT2D eigenvalue weighted by Gasteiger charge is 2.12. The van der Waals surface area contributed by atoms with Crippen molar-refractivity contribution in [3.8, 4) is 0 Å². The van der Waals surface area contributed by atoms with E-state index in [-0.39, 0.29) is 0 Å². The number of hydrogen-bond donors (Lipinski definition) is 0. The molecule has 0 N–H and O–H groups in total. The van der Waals surface area contributed by atoms with Gasteiger partial charge in [0.25, 0.3) is 0 Å². The Morgan fingerprint density at radius 1 is 1.33 bits per heavy atom. The normalized spacial score (nSPS) is 16.1. The molecule has 0 aliphatic heterocycles. The Morgan fingerprint density at radius 3 is 2.92 bits per heavy atom. The third-order valence-electron chi connectivity index (χ3n) is 2.54. The summed E-state index contributed by atoms with van der Waals surface area (Å²) < 4.78 is 0. The number of hydrogen-bond acceptors (Lipinski definition) is 1. The van der Waals surface area contributed by atoms with E-state index < -0.39 is 0 Å². The lowest BCUT2D eigenvalue weighted by Crippen LogP contribution is -1.96. The number of fused-ring (bicyclic) bond motifs is 1. The number of rotatable bonds is 2. The van der Waals surface area contributed by atoms with Crippen molar-refractivity contribution in [2.24, 2.45) is 0 Å². The molecule has 0 saturated heterocycles. The second-order valence-electron chi connectivity index (χ2n) is 3.62. The molecule has 0 amide bonds. The monoisotopic (exact) mass is 180 g/mol. The van der Waals surface area contributed by atoms with Gasteiger partial charge in [-0.2, -0.15) is 0 Å². The zero-order chi connectivity index (χ0) is 8.39. The fourth-order valence-electron chi connectivity index (χ4n) is 1.92. The summed E-state index contributed by atoms with van der Waals surface area (Å²) in [5.74, 6) is 0. The summed E-state index contributed by atoms with van der Waals surface area (Å²) in [4.78, 5) is 3.30. The first-order chi connectivity index (χ1) is 5.90. The Labute approximate surface area is 78.6 Å². The lowest BCUT2D eigenvalue weighted by atomic mass is 9.99. The Balaban J connectivity index is 2.20. The van der Waals surface area contributed by atoms with E-state index in [1.807, 2.05) is 0 Å². The molecule has 0 atom stereocenters. The van der Waals surface area contributed by atoms with Gasteiger partial charge in [0, 0.05) is 9.75 Å². The number of aryl methyl sites for hydroxylation is 3. The van der Waals surface area contributed by atoms with Gasteiger partial charge in [-0.1, -0.05) is 13.3 Å². The highest BCUT2D eigenvalue weighted by Crippen LogP contribution is 2.30. The van der Waals surface area contributed by atoms with Crippen LogP contribution in [0, 0.1) is 0 Å². The summed E-state index contributed by atoms with van der Waals surface area (Å²) in [5, 5.41) is 0. The van der Waals surface area contributed by atoms with Crippen molar-refractivity contribution in [2.75, 3.05) is 0 Å². The maximum absolute atomic E-state index is 2.45. The average molecular weight is 180 g/mol. The first-order valence-corrected chi connectivity index (χ1v) is 5.82. The van der Waals surface area contributed by atoms with Crippen LogP contribution in [0.4, 0.5) is 0 Å².